The van der Waals surface area contributed by atoms with Gasteiger partial charge in [-0.25, -0.2) is 32.5 Å². The summed E-state index contributed by atoms with van der Waals surface area (Å²) in [6, 6.07) is 5.28. The molecule has 2 unspecified atom stereocenters. The average Bonchev–Trinajstić information content (AvgIpc) is 3.61. The molecule has 1 saturated heterocycles. The molecule has 2 fully saturated rings. The van der Waals surface area contributed by atoms with E-state index in [1.165, 1.54) is 18.6 Å². The molecule has 3 aromatic heterocycles. The number of nitrogens with one attached hydrogen (secondary N) is 1. The first kappa shape index (κ1) is 30.1. The zero-order valence-electron chi connectivity index (χ0n) is 24.3. The van der Waals surface area contributed by atoms with Gasteiger partial charge < -0.3 is 20.7 Å². The van der Waals surface area contributed by atoms with Crippen molar-refractivity contribution < 1.29 is 22.3 Å². The molecule has 0 spiro atoms. The van der Waals surface area contributed by atoms with Crippen LogP contribution in [-0.4, -0.2) is 79.6 Å². The fourth-order valence-corrected chi connectivity index (χ4v) is 6.16. The van der Waals surface area contributed by atoms with Crippen LogP contribution in [0.1, 0.15) is 44.2 Å². The smallest absolute Gasteiger partial charge is 0.257 e. The highest BCUT2D eigenvalue weighted by atomic mass is 19.3. The van der Waals surface area contributed by atoms with Crippen LogP contribution in [0.5, 0.6) is 5.75 Å². The topological polar surface area (TPSA) is 119 Å². The van der Waals surface area contributed by atoms with Gasteiger partial charge >= 0.3 is 0 Å². The molecular formula is C30H35F4N9O. The van der Waals surface area contributed by atoms with Crippen LogP contribution < -0.4 is 15.8 Å². The van der Waals surface area contributed by atoms with Crippen molar-refractivity contribution in [2.75, 3.05) is 25.5 Å². The van der Waals surface area contributed by atoms with E-state index in [9.17, 15) is 17.6 Å². The molecular weight excluding hydrogens is 578 g/mol. The number of hydrogen-bond acceptors (Lipinski definition) is 9. The van der Waals surface area contributed by atoms with E-state index in [0.29, 0.717) is 34.2 Å². The molecule has 6 rings (SSSR count). The Morgan fingerprint density at radius 3 is 2.64 bits per heavy atom. The predicted octanol–water partition coefficient (Wildman–Crippen LogP) is 4.86. The Morgan fingerprint density at radius 2 is 1.93 bits per heavy atom. The van der Waals surface area contributed by atoms with Crippen LogP contribution in [0.15, 0.2) is 54.2 Å². The minimum Gasteiger partial charge on any atom is -0.489 e. The molecule has 0 bridgehead atoms. The van der Waals surface area contributed by atoms with Gasteiger partial charge in [0.1, 0.15) is 30.1 Å². The number of nitrogens with two attached hydrogens (primary N) is 1. The summed E-state index contributed by atoms with van der Waals surface area (Å²) in [6.45, 7) is 1.41. The lowest BCUT2D eigenvalue weighted by atomic mass is 9.72. The SMILES string of the molecule is CN1CCC(Oc2ccc(C3=CN=C(Nc4ccnc(-c5cnn(CC(F)F)c5)n4)CC3(N)C3CCC(F)(F)C3)nc2)CC1. The largest absolute Gasteiger partial charge is 0.489 e. The van der Waals surface area contributed by atoms with Gasteiger partial charge in [-0.3, -0.25) is 9.67 Å². The quantitative estimate of drug-likeness (QED) is 0.346. The first-order chi connectivity index (χ1) is 21.1. The predicted molar refractivity (Wildman–Crippen MR) is 157 cm³/mol. The Hall–Kier alpha value is -3.91. The zero-order chi connectivity index (χ0) is 30.9. The second kappa shape index (κ2) is 12.2. The number of piperidine rings is 1. The number of likely N-dealkylation sites (tertiary alicyclic amines) is 1. The number of hydrogen-bond donors (Lipinski definition) is 2. The third-order valence-electron chi connectivity index (χ3n) is 8.57. The molecule has 44 heavy (non-hydrogen) atoms. The van der Waals surface area contributed by atoms with Crippen LogP contribution in [0.2, 0.25) is 0 Å². The maximum absolute atomic E-state index is 14.4. The minimum atomic E-state index is -2.79. The molecule has 5 heterocycles. The van der Waals surface area contributed by atoms with Gasteiger partial charge in [-0.05, 0) is 50.4 Å². The molecule has 2 atom stereocenters. The van der Waals surface area contributed by atoms with E-state index in [-0.39, 0.29) is 37.6 Å². The summed E-state index contributed by atoms with van der Waals surface area (Å²) in [5.74, 6) is -1.52. The van der Waals surface area contributed by atoms with Gasteiger partial charge in [0, 0.05) is 56.5 Å². The number of amidine groups is 1. The molecule has 1 aliphatic carbocycles. The normalized spacial score (nSPS) is 24.3. The second-order valence-corrected chi connectivity index (χ2v) is 11.9. The van der Waals surface area contributed by atoms with E-state index in [4.69, 9.17) is 10.5 Å². The molecule has 14 heteroatoms. The molecule has 0 aromatic carbocycles. The molecule has 3 aliphatic rings. The molecule has 1 saturated carbocycles. The average molecular weight is 614 g/mol. The van der Waals surface area contributed by atoms with Crippen LogP contribution in [0, 0.1) is 5.92 Å². The van der Waals surface area contributed by atoms with E-state index < -0.39 is 30.3 Å². The van der Waals surface area contributed by atoms with Crippen LogP contribution in [-0.2, 0) is 6.54 Å². The summed E-state index contributed by atoms with van der Waals surface area (Å²) >= 11 is 0. The number of halogens is 4. The van der Waals surface area contributed by atoms with Gasteiger partial charge in [-0.1, -0.05) is 0 Å². The lowest BCUT2D eigenvalue weighted by Gasteiger charge is -2.39. The highest BCUT2D eigenvalue weighted by Crippen LogP contribution is 2.49. The Bertz CT molecular complexity index is 1520. The van der Waals surface area contributed by atoms with Gasteiger partial charge in [-0.15, -0.1) is 0 Å². The Balaban J connectivity index is 1.23. The van der Waals surface area contributed by atoms with Gasteiger partial charge in [0.15, 0.2) is 5.82 Å². The van der Waals surface area contributed by atoms with Crippen molar-refractivity contribution >= 4 is 17.2 Å². The zero-order valence-corrected chi connectivity index (χ0v) is 24.3. The van der Waals surface area contributed by atoms with E-state index in [2.05, 4.69) is 42.3 Å². The number of ether oxygens (including phenoxy) is 1. The maximum atomic E-state index is 14.4. The molecule has 10 nitrogen and oxygen atoms in total. The number of pyridine rings is 1. The van der Waals surface area contributed by atoms with Crippen molar-refractivity contribution in [3.63, 3.8) is 0 Å². The Kier molecular flexibility index (Phi) is 8.38. The summed E-state index contributed by atoms with van der Waals surface area (Å²) in [7, 11) is 2.09. The molecule has 2 aliphatic heterocycles. The van der Waals surface area contributed by atoms with Crippen molar-refractivity contribution in [1.29, 1.82) is 0 Å². The van der Waals surface area contributed by atoms with Gasteiger partial charge in [-0.2, -0.15) is 5.10 Å². The van der Waals surface area contributed by atoms with Crippen LogP contribution in [0.25, 0.3) is 17.0 Å². The number of aliphatic imine (C=N–C) groups is 1. The van der Waals surface area contributed by atoms with E-state index in [0.717, 1.165) is 30.6 Å². The summed E-state index contributed by atoms with van der Waals surface area (Å²) in [6.07, 6.45) is 6.95. The van der Waals surface area contributed by atoms with Crippen molar-refractivity contribution in [2.45, 2.75) is 69.1 Å². The number of rotatable bonds is 8. The third kappa shape index (κ3) is 6.75. The minimum absolute atomic E-state index is 0.122. The van der Waals surface area contributed by atoms with Crippen molar-refractivity contribution in [1.82, 2.24) is 29.6 Å². The van der Waals surface area contributed by atoms with E-state index >= 15 is 0 Å². The molecule has 0 radical (unpaired) electrons. The monoisotopic (exact) mass is 613 g/mol. The molecule has 0 amide bonds. The second-order valence-electron chi connectivity index (χ2n) is 11.9. The Morgan fingerprint density at radius 1 is 1.11 bits per heavy atom. The molecule has 234 valence electrons. The first-order valence-corrected chi connectivity index (χ1v) is 14.7. The van der Waals surface area contributed by atoms with Crippen molar-refractivity contribution in [2.24, 2.45) is 16.6 Å². The maximum Gasteiger partial charge on any atom is 0.257 e. The fourth-order valence-electron chi connectivity index (χ4n) is 6.16. The van der Waals surface area contributed by atoms with Gasteiger partial charge in [0.25, 0.3) is 6.43 Å². The Labute approximate surface area is 252 Å². The number of anilines is 1. The lowest BCUT2D eigenvalue weighted by molar-refractivity contribution is 0.00263. The van der Waals surface area contributed by atoms with Crippen molar-refractivity contribution in [3.05, 3.63) is 54.9 Å². The highest BCUT2D eigenvalue weighted by Gasteiger charge is 2.51. The van der Waals surface area contributed by atoms with Crippen molar-refractivity contribution in [3.8, 4) is 17.1 Å². The lowest BCUT2D eigenvalue weighted by Crippen LogP contribution is -2.51. The summed E-state index contributed by atoms with van der Waals surface area (Å²) < 4.78 is 61.7. The highest BCUT2D eigenvalue weighted by molar-refractivity contribution is 6.00. The number of nitrogens with zero attached hydrogens (tertiary/aromatic N) is 7. The van der Waals surface area contributed by atoms with E-state index in [1.54, 1.807) is 18.5 Å². The molecule has 3 aromatic rings. The van der Waals surface area contributed by atoms with Gasteiger partial charge in [0.05, 0.1) is 29.2 Å². The van der Waals surface area contributed by atoms with Gasteiger partial charge in [0.2, 0.25) is 5.92 Å². The van der Waals surface area contributed by atoms with Crippen LogP contribution >= 0.6 is 0 Å². The third-order valence-corrected chi connectivity index (χ3v) is 8.57. The summed E-state index contributed by atoms with van der Waals surface area (Å²) in [4.78, 5) is 20.2. The summed E-state index contributed by atoms with van der Waals surface area (Å²) in [5, 5.41) is 7.09. The first-order valence-electron chi connectivity index (χ1n) is 14.7. The molecule has 3 N–H and O–H groups in total. The number of alkyl halides is 4. The summed E-state index contributed by atoms with van der Waals surface area (Å²) in [5.41, 5.74) is 7.52. The van der Waals surface area contributed by atoms with Crippen LogP contribution in [0.3, 0.4) is 0 Å². The standard InChI is InChI=1S/C30H35F4N9O/c1-42-10-6-21(7-11-42)44-22-2-3-24(37-15-22)23-16-38-27(13-30(23,35)20-4-8-29(33,34)12-20)40-26-5-9-36-28(41-26)19-14-39-43(17-19)18-25(31)32/h2-3,5,9,14-17,20-21,25H,4,6-8,10-13,18,35H2,1H3,(H,36,38,40,41). The number of aromatic nitrogens is 5. The fraction of sp³-hybridized carbons (Fsp3) is 0.500. The van der Waals surface area contributed by atoms with Crippen LogP contribution in [0.4, 0.5) is 23.4 Å². The van der Waals surface area contributed by atoms with E-state index in [1.807, 2.05) is 12.1 Å².